The van der Waals surface area contributed by atoms with E-state index in [1.165, 1.54) is 0 Å². The van der Waals surface area contributed by atoms with Gasteiger partial charge in [-0.05, 0) is 13.3 Å². The molecule has 0 aromatic carbocycles. The molecule has 1 amide bonds. The maximum absolute atomic E-state index is 11.1. The first-order valence-electron chi connectivity index (χ1n) is 5.44. The van der Waals surface area contributed by atoms with Crippen LogP contribution >= 0.6 is 0 Å². The van der Waals surface area contributed by atoms with E-state index in [4.69, 9.17) is 11.5 Å². The quantitative estimate of drug-likeness (QED) is 0.767. The number of nitrogens with two attached hydrogens (primary N) is 2. The third-order valence-electron chi connectivity index (χ3n) is 2.70. The zero-order chi connectivity index (χ0) is 12.3. The number of carbonyl (C=O) groups excluding carboxylic acids is 1. The molecule has 90 valence electrons. The molecular formula is C11H20N4O. The Hall–Kier alpha value is -1.36. The summed E-state index contributed by atoms with van der Waals surface area (Å²) >= 11 is 0. The SMILES string of the molecule is CC(C)c1nccn1CCC(C)(N)C(N)=O. The van der Waals surface area contributed by atoms with Crippen molar-refractivity contribution in [1.82, 2.24) is 9.55 Å². The van der Waals surface area contributed by atoms with Crippen LogP contribution in [0.25, 0.3) is 0 Å². The second kappa shape index (κ2) is 4.65. The van der Waals surface area contributed by atoms with Gasteiger partial charge in [-0.25, -0.2) is 4.98 Å². The molecule has 1 atom stereocenters. The summed E-state index contributed by atoms with van der Waals surface area (Å²) in [6, 6.07) is 0. The molecule has 1 aromatic heterocycles. The zero-order valence-electron chi connectivity index (χ0n) is 10.1. The molecular weight excluding hydrogens is 204 g/mol. The topological polar surface area (TPSA) is 86.9 Å². The highest BCUT2D eigenvalue weighted by Gasteiger charge is 2.25. The van der Waals surface area contributed by atoms with E-state index in [2.05, 4.69) is 18.8 Å². The molecule has 5 heteroatoms. The van der Waals surface area contributed by atoms with E-state index in [0.717, 1.165) is 5.82 Å². The molecule has 0 aliphatic carbocycles. The van der Waals surface area contributed by atoms with Crippen molar-refractivity contribution in [3.8, 4) is 0 Å². The Morgan fingerprint density at radius 3 is 2.75 bits per heavy atom. The number of imidazole rings is 1. The minimum Gasteiger partial charge on any atom is -0.368 e. The summed E-state index contributed by atoms with van der Waals surface area (Å²) in [4.78, 5) is 15.3. The van der Waals surface area contributed by atoms with Crippen molar-refractivity contribution in [2.24, 2.45) is 11.5 Å². The lowest BCUT2D eigenvalue weighted by atomic mass is 9.98. The largest absolute Gasteiger partial charge is 0.368 e. The highest BCUT2D eigenvalue weighted by atomic mass is 16.1. The second-order valence-corrected chi connectivity index (χ2v) is 4.67. The molecule has 1 heterocycles. The highest BCUT2D eigenvalue weighted by molar-refractivity contribution is 5.83. The molecule has 0 aliphatic rings. The van der Waals surface area contributed by atoms with Gasteiger partial charge in [0.25, 0.3) is 0 Å². The normalized spacial score (nSPS) is 15.1. The second-order valence-electron chi connectivity index (χ2n) is 4.67. The Labute approximate surface area is 95.8 Å². The number of aromatic nitrogens is 2. The Bertz CT molecular complexity index is 368. The van der Waals surface area contributed by atoms with Gasteiger partial charge in [-0.3, -0.25) is 4.79 Å². The number of aryl methyl sites for hydroxylation is 1. The van der Waals surface area contributed by atoms with Gasteiger partial charge in [0.05, 0.1) is 5.54 Å². The van der Waals surface area contributed by atoms with Crippen LogP contribution in [-0.2, 0) is 11.3 Å². The number of hydrogen-bond acceptors (Lipinski definition) is 3. The van der Waals surface area contributed by atoms with Crippen LogP contribution in [0.1, 0.15) is 38.9 Å². The van der Waals surface area contributed by atoms with E-state index in [0.29, 0.717) is 18.9 Å². The fourth-order valence-corrected chi connectivity index (χ4v) is 1.49. The van der Waals surface area contributed by atoms with Crippen LogP contribution in [0.15, 0.2) is 12.4 Å². The van der Waals surface area contributed by atoms with Crippen LogP contribution in [0.2, 0.25) is 0 Å². The Morgan fingerprint density at radius 1 is 1.62 bits per heavy atom. The van der Waals surface area contributed by atoms with Crippen LogP contribution < -0.4 is 11.5 Å². The molecule has 5 nitrogen and oxygen atoms in total. The number of hydrogen-bond donors (Lipinski definition) is 2. The van der Waals surface area contributed by atoms with Gasteiger partial charge in [0.15, 0.2) is 0 Å². The van der Waals surface area contributed by atoms with Crippen molar-refractivity contribution in [1.29, 1.82) is 0 Å². The number of primary amides is 1. The molecule has 1 unspecified atom stereocenters. The zero-order valence-corrected chi connectivity index (χ0v) is 10.1. The molecule has 0 spiro atoms. The molecule has 0 fully saturated rings. The molecule has 0 aliphatic heterocycles. The van der Waals surface area contributed by atoms with Gasteiger partial charge in [0, 0.05) is 24.9 Å². The maximum Gasteiger partial charge on any atom is 0.237 e. The van der Waals surface area contributed by atoms with E-state index in [-0.39, 0.29) is 0 Å². The Morgan fingerprint density at radius 2 is 2.25 bits per heavy atom. The van der Waals surface area contributed by atoms with E-state index >= 15 is 0 Å². The molecule has 0 saturated carbocycles. The lowest BCUT2D eigenvalue weighted by Gasteiger charge is -2.21. The first kappa shape index (κ1) is 12.7. The van der Waals surface area contributed by atoms with E-state index in [1.54, 1.807) is 13.1 Å². The molecule has 0 bridgehead atoms. The van der Waals surface area contributed by atoms with Crippen LogP contribution in [-0.4, -0.2) is 21.0 Å². The van der Waals surface area contributed by atoms with E-state index in [9.17, 15) is 4.79 Å². The molecule has 1 rings (SSSR count). The fraction of sp³-hybridized carbons (Fsp3) is 0.636. The minimum atomic E-state index is -0.960. The van der Waals surface area contributed by atoms with Gasteiger partial charge < -0.3 is 16.0 Å². The molecule has 0 saturated heterocycles. The highest BCUT2D eigenvalue weighted by Crippen LogP contribution is 2.14. The number of amides is 1. The van der Waals surface area contributed by atoms with Crippen molar-refractivity contribution in [2.75, 3.05) is 0 Å². The third kappa shape index (κ3) is 2.82. The average Bonchev–Trinajstić information content (AvgIpc) is 2.62. The van der Waals surface area contributed by atoms with Crippen molar-refractivity contribution >= 4 is 5.91 Å². The fourth-order valence-electron chi connectivity index (χ4n) is 1.49. The number of nitrogens with zero attached hydrogens (tertiary/aromatic N) is 2. The first-order valence-corrected chi connectivity index (χ1v) is 5.44. The van der Waals surface area contributed by atoms with Crippen LogP contribution in [0.4, 0.5) is 0 Å². The molecule has 16 heavy (non-hydrogen) atoms. The van der Waals surface area contributed by atoms with Gasteiger partial charge in [0.1, 0.15) is 5.82 Å². The summed E-state index contributed by atoms with van der Waals surface area (Å²) in [5.74, 6) is 0.881. The summed E-state index contributed by atoms with van der Waals surface area (Å²) in [7, 11) is 0. The van der Waals surface area contributed by atoms with Crippen molar-refractivity contribution in [3.05, 3.63) is 18.2 Å². The van der Waals surface area contributed by atoms with Gasteiger partial charge in [0.2, 0.25) is 5.91 Å². The summed E-state index contributed by atoms with van der Waals surface area (Å²) in [5.41, 5.74) is 10.1. The summed E-state index contributed by atoms with van der Waals surface area (Å²) in [5, 5.41) is 0. The molecule has 1 aromatic rings. The van der Waals surface area contributed by atoms with Gasteiger partial charge >= 0.3 is 0 Å². The maximum atomic E-state index is 11.1. The standard InChI is InChI=1S/C11H20N4O/c1-8(2)9-14-5-7-15(9)6-4-11(3,13)10(12)16/h5,7-8H,4,6,13H2,1-3H3,(H2,12,16). The van der Waals surface area contributed by atoms with E-state index in [1.807, 2.05) is 10.8 Å². The lowest BCUT2D eigenvalue weighted by Crippen LogP contribution is -2.49. The predicted octanol–water partition coefficient (Wildman–Crippen LogP) is 0.599. The summed E-state index contributed by atoms with van der Waals surface area (Å²) in [6.07, 6.45) is 4.16. The Balaban J connectivity index is 2.68. The smallest absolute Gasteiger partial charge is 0.237 e. The Kier molecular flexibility index (Phi) is 3.70. The van der Waals surface area contributed by atoms with E-state index < -0.39 is 11.4 Å². The van der Waals surface area contributed by atoms with Crippen molar-refractivity contribution < 1.29 is 4.79 Å². The molecule has 4 N–H and O–H groups in total. The molecule has 0 radical (unpaired) electrons. The van der Waals surface area contributed by atoms with Gasteiger partial charge in [-0.2, -0.15) is 0 Å². The number of carbonyl (C=O) groups is 1. The van der Waals surface area contributed by atoms with Crippen LogP contribution in [0.5, 0.6) is 0 Å². The first-order chi connectivity index (χ1) is 7.34. The minimum absolute atomic E-state index is 0.354. The van der Waals surface area contributed by atoms with Crippen LogP contribution in [0, 0.1) is 0 Å². The monoisotopic (exact) mass is 224 g/mol. The number of rotatable bonds is 5. The summed E-state index contributed by atoms with van der Waals surface area (Å²) in [6.45, 7) is 6.47. The van der Waals surface area contributed by atoms with Gasteiger partial charge in [-0.1, -0.05) is 13.8 Å². The predicted molar refractivity (Wildman–Crippen MR) is 62.7 cm³/mol. The lowest BCUT2D eigenvalue weighted by molar-refractivity contribution is -0.122. The van der Waals surface area contributed by atoms with Crippen molar-refractivity contribution in [2.45, 2.75) is 45.2 Å². The summed E-state index contributed by atoms with van der Waals surface area (Å²) < 4.78 is 2.01. The van der Waals surface area contributed by atoms with Crippen molar-refractivity contribution in [3.63, 3.8) is 0 Å². The van der Waals surface area contributed by atoms with Crippen LogP contribution in [0.3, 0.4) is 0 Å². The van der Waals surface area contributed by atoms with Gasteiger partial charge in [-0.15, -0.1) is 0 Å². The third-order valence-corrected chi connectivity index (χ3v) is 2.70. The average molecular weight is 224 g/mol.